The van der Waals surface area contributed by atoms with Crippen molar-refractivity contribution in [3.05, 3.63) is 60.9 Å². The number of methoxy groups -OCH3 is 1. The lowest BCUT2D eigenvalue weighted by atomic mass is 10.0. The number of carbonyl (C=O) groups is 1. The highest BCUT2D eigenvalue weighted by atomic mass is 16.5. The molecule has 2 heterocycles. The Bertz CT molecular complexity index is 1300. The van der Waals surface area contributed by atoms with E-state index >= 15 is 0 Å². The normalized spacial score (nSPS) is 14.1. The van der Waals surface area contributed by atoms with E-state index in [-0.39, 0.29) is 11.4 Å². The lowest BCUT2D eigenvalue weighted by Crippen LogP contribution is -2.53. The zero-order valence-electron chi connectivity index (χ0n) is 22.7. The number of anilines is 6. The summed E-state index contributed by atoms with van der Waals surface area (Å²) in [5.41, 5.74) is 4.25. The van der Waals surface area contributed by atoms with Gasteiger partial charge < -0.3 is 25.6 Å². The van der Waals surface area contributed by atoms with Crippen LogP contribution in [0.4, 0.5) is 34.6 Å². The van der Waals surface area contributed by atoms with Crippen molar-refractivity contribution in [3.63, 3.8) is 0 Å². The van der Waals surface area contributed by atoms with Gasteiger partial charge in [0.15, 0.2) is 0 Å². The van der Waals surface area contributed by atoms with E-state index < -0.39 is 0 Å². The molecule has 1 fully saturated rings. The van der Waals surface area contributed by atoms with Crippen molar-refractivity contribution in [1.29, 1.82) is 0 Å². The Morgan fingerprint density at radius 3 is 2.37 bits per heavy atom. The zero-order valence-corrected chi connectivity index (χ0v) is 22.7. The van der Waals surface area contributed by atoms with Crippen molar-refractivity contribution in [3.8, 4) is 5.75 Å². The van der Waals surface area contributed by atoms with E-state index in [0.717, 1.165) is 43.1 Å². The summed E-state index contributed by atoms with van der Waals surface area (Å²) >= 11 is 0. The molecule has 2 aromatic carbocycles. The summed E-state index contributed by atoms with van der Waals surface area (Å²) in [6, 6.07) is 11.7. The number of nitrogens with one attached hydrogen (secondary N) is 3. The molecule has 10 heteroatoms. The standard InChI is InChI=1S/C28H36N8O2/c1-7-25(37)32-21-16-22(24(38-6)17-23(21)35-11-13-36(14-12-35)28(3,4)5)33-27-30-18-29-26(34-27)31-20-10-8-9-19(2)15-20/h7-10,15-18H,1,11-14H2,2-6H3,(H,32,37)(H2,29,30,31,33,34). The maximum absolute atomic E-state index is 12.3. The fourth-order valence-electron chi connectivity index (χ4n) is 4.39. The molecule has 0 atom stereocenters. The third kappa shape index (κ3) is 6.57. The summed E-state index contributed by atoms with van der Waals surface area (Å²) in [6.07, 6.45) is 2.69. The highest BCUT2D eigenvalue weighted by molar-refractivity contribution is 6.02. The van der Waals surface area contributed by atoms with E-state index in [1.165, 1.54) is 12.4 Å². The van der Waals surface area contributed by atoms with Gasteiger partial charge in [-0.25, -0.2) is 9.97 Å². The number of benzene rings is 2. The molecule has 0 bridgehead atoms. The number of hydrogen-bond donors (Lipinski definition) is 3. The molecule has 0 spiro atoms. The molecule has 38 heavy (non-hydrogen) atoms. The average molecular weight is 517 g/mol. The highest BCUT2D eigenvalue weighted by Gasteiger charge is 2.27. The molecule has 1 aliphatic rings. The molecule has 3 N–H and O–H groups in total. The smallest absolute Gasteiger partial charge is 0.247 e. The van der Waals surface area contributed by atoms with E-state index in [1.54, 1.807) is 7.11 Å². The molecule has 4 rings (SSSR count). The van der Waals surface area contributed by atoms with Gasteiger partial charge in [0.1, 0.15) is 12.1 Å². The van der Waals surface area contributed by atoms with E-state index in [9.17, 15) is 4.79 Å². The Morgan fingerprint density at radius 1 is 1.03 bits per heavy atom. The molecule has 1 amide bonds. The molecule has 0 saturated carbocycles. The minimum Gasteiger partial charge on any atom is -0.494 e. The Hall–Kier alpha value is -4.18. The molecule has 1 aromatic heterocycles. The van der Waals surface area contributed by atoms with Crippen molar-refractivity contribution >= 4 is 40.6 Å². The van der Waals surface area contributed by atoms with Gasteiger partial charge in [0, 0.05) is 43.5 Å². The maximum atomic E-state index is 12.3. The first kappa shape index (κ1) is 26.9. The van der Waals surface area contributed by atoms with E-state index in [4.69, 9.17) is 4.74 Å². The van der Waals surface area contributed by atoms with Crippen molar-refractivity contribution < 1.29 is 9.53 Å². The summed E-state index contributed by atoms with van der Waals surface area (Å²) < 4.78 is 5.73. The van der Waals surface area contributed by atoms with Crippen LogP contribution in [-0.4, -0.2) is 64.6 Å². The predicted octanol–water partition coefficient (Wildman–Crippen LogP) is 4.72. The number of amides is 1. The molecule has 200 valence electrons. The number of rotatable bonds is 8. The van der Waals surface area contributed by atoms with Gasteiger partial charge >= 0.3 is 0 Å². The molecular formula is C28H36N8O2. The topological polar surface area (TPSA) is 108 Å². The van der Waals surface area contributed by atoms with Gasteiger partial charge in [0.2, 0.25) is 17.8 Å². The fourth-order valence-corrected chi connectivity index (χ4v) is 4.39. The molecular weight excluding hydrogens is 480 g/mol. The van der Waals surface area contributed by atoms with Gasteiger partial charge in [-0.3, -0.25) is 9.69 Å². The van der Waals surface area contributed by atoms with Crippen LogP contribution >= 0.6 is 0 Å². The van der Waals surface area contributed by atoms with Gasteiger partial charge in [-0.05, 0) is 57.5 Å². The van der Waals surface area contributed by atoms with Crippen LogP contribution < -0.4 is 25.6 Å². The van der Waals surface area contributed by atoms with Crippen LogP contribution in [0.15, 0.2) is 55.4 Å². The number of nitrogens with zero attached hydrogens (tertiary/aromatic N) is 5. The highest BCUT2D eigenvalue weighted by Crippen LogP contribution is 2.39. The summed E-state index contributed by atoms with van der Waals surface area (Å²) in [7, 11) is 1.61. The van der Waals surface area contributed by atoms with Crippen LogP contribution in [0.3, 0.4) is 0 Å². The molecule has 3 aromatic rings. The lowest BCUT2D eigenvalue weighted by molar-refractivity contribution is -0.111. The average Bonchev–Trinajstić information content (AvgIpc) is 2.88. The summed E-state index contributed by atoms with van der Waals surface area (Å²) in [5.74, 6) is 1.05. The third-order valence-electron chi connectivity index (χ3n) is 6.42. The molecule has 1 saturated heterocycles. The zero-order chi connectivity index (χ0) is 27.3. The fraction of sp³-hybridized carbons (Fsp3) is 0.357. The Morgan fingerprint density at radius 2 is 1.74 bits per heavy atom. The number of piperazine rings is 1. The lowest BCUT2D eigenvalue weighted by Gasteiger charge is -2.43. The van der Waals surface area contributed by atoms with E-state index in [0.29, 0.717) is 29.0 Å². The van der Waals surface area contributed by atoms with Crippen molar-refractivity contribution in [2.75, 3.05) is 54.1 Å². The number of aryl methyl sites for hydroxylation is 1. The second-order valence-electron chi connectivity index (χ2n) is 10.2. The summed E-state index contributed by atoms with van der Waals surface area (Å²) in [6.45, 7) is 15.8. The molecule has 10 nitrogen and oxygen atoms in total. The molecule has 0 radical (unpaired) electrons. The van der Waals surface area contributed by atoms with Crippen LogP contribution in [-0.2, 0) is 4.79 Å². The molecule has 0 unspecified atom stereocenters. The van der Waals surface area contributed by atoms with Crippen LogP contribution in [0.25, 0.3) is 0 Å². The first-order chi connectivity index (χ1) is 18.2. The van der Waals surface area contributed by atoms with Gasteiger partial charge in [-0.2, -0.15) is 4.98 Å². The second kappa shape index (κ2) is 11.5. The van der Waals surface area contributed by atoms with E-state index in [2.05, 4.69) is 68.1 Å². The van der Waals surface area contributed by atoms with Gasteiger partial charge in [-0.1, -0.05) is 18.7 Å². The first-order valence-corrected chi connectivity index (χ1v) is 12.6. The van der Waals surface area contributed by atoms with Gasteiger partial charge in [0.05, 0.1) is 24.2 Å². The molecule has 0 aliphatic carbocycles. The minimum absolute atomic E-state index is 0.106. The Kier molecular flexibility index (Phi) is 8.11. The monoisotopic (exact) mass is 516 g/mol. The first-order valence-electron chi connectivity index (χ1n) is 12.6. The van der Waals surface area contributed by atoms with Crippen molar-refractivity contribution in [2.45, 2.75) is 33.2 Å². The number of carbonyl (C=O) groups excluding carboxylic acids is 1. The van der Waals surface area contributed by atoms with E-state index in [1.807, 2.05) is 43.3 Å². The van der Waals surface area contributed by atoms with Gasteiger partial charge in [-0.15, -0.1) is 0 Å². The second-order valence-corrected chi connectivity index (χ2v) is 10.2. The quantitative estimate of drug-likeness (QED) is 0.367. The molecule has 1 aliphatic heterocycles. The summed E-state index contributed by atoms with van der Waals surface area (Å²) in [5, 5.41) is 9.37. The SMILES string of the molecule is C=CC(=O)Nc1cc(Nc2ncnc(Nc3cccc(C)c3)n2)c(OC)cc1N1CCN(C(C)(C)C)CC1. The van der Waals surface area contributed by atoms with Crippen LogP contribution in [0.2, 0.25) is 0 Å². The van der Waals surface area contributed by atoms with Crippen molar-refractivity contribution in [1.82, 2.24) is 19.9 Å². The van der Waals surface area contributed by atoms with Crippen LogP contribution in [0, 0.1) is 6.92 Å². The predicted molar refractivity (Wildman–Crippen MR) is 153 cm³/mol. The van der Waals surface area contributed by atoms with Crippen LogP contribution in [0.5, 0.6) is 5.75 Å². The minimum atomic E-state index is -0.291. The largest absolute Gasteiger partial charge is 0.494 e. The third-order valence-corrected chi connectivity index (χ3v) is 6.42. The Labute approximate surface area is 224 Å². The summed E-state index contributed by atoms with van der Waals surface area (Å²) in [4.78, 5) is 30.0. The number of aromatic nitrogens is 3. The van der Waals surface area contributed by atoms with Crippen molar-refractivity contribution in [2.24, 2.45) is 0 Å². The van der Waals surface area contributed by atoms with Crippen LogP contribution in [0.1, 0.15) is 26.3 Å². The number of ether oxygens (including phenoxy) is 1. The number of hydrogen-bond acceptors (Lipinski definition) is 9. The van der Waals surface area contributed by atoms with Gasteiger partial charge in [0.25, 0.3) is 0 Å². The Balaban J connectivity index is 1.61. The maximum Gasteiger partial charge on any atom is 0.247 e.